The lowest BCUT2D eigenvalue weighted by atomic mass is 9.94. The molecule has 1 fully saturated rings. The number of hydrogen-bond acceptors (Lipinski definition) is 5. The smallest absolute Gasteiger partial charge is 0.243 e. The molecule has 0 aromatic heterocycles. The van der Waals surface area contributed by atoms with Gasteiger partial charge in [-0.05, 0) is 41.7 Å². The highest BCUT2D eigenvalue weighted by Gasteiger charge is 2.54. The van der Waals surface area contributed by atoms with E-state index in [0.29, 0.717) is 50.9 Å². The van der Waals surface area contributed by atoms with E-state index in [1.165, 1.54) is 4.31 Å². The predicted octanol–water partition coefficient (Wildman–Crippen LogP) is 2.33. The van der Waals surface area contributed by atoms with Crippen LogP contribution in [0.4, 0.5) is 0 Å². The van der Waals surface area contributed by atoms with Crippen LogP contribution in [0.1, 0.15) is 18.4 Å². The van der Waals surface area contributed by atoms with E-state index in [9.17, 15) is 13.2 Å². The van der Waals surface area contributed by atoms with E-state index >= 15 is 0 Å². The molecule has 0 atom stereocenters. The summed E-state index contributed by atoms with van der Waals surface area (Å²) >= 11 is 0. The summed E-state index contributed by atoms with van der Waals surface area (Å²) < 4.78 is 39.0. The second-order valence-electron chi connectivity index (χ2n) is 8.90. The SMILES string of the molecule is O=C(N1CC2=C(C1)CN(S(=O)(=O)c1ccc3c(c1)OCCO3)C2)C1(c2ccccc2)CC1. The fourth-order valence-corrected chi connectivity index (χ4v) is 6.45. The molecule has 7 nitrogen and oxygen atoms in total. The minimum Gasteiger partial charge on any atom is -0.486 e. The topological polar surface area (TPSA) is 76.2 Å². The van der Waals surface area contributed by atoms with E-state index in [4.69, 9.17) is 9.47 Å². The summed E-state index contributed by atoms with van der Waals surface area (Å²) in [4.78, 5) is 15.4. The molecule has 0 unspecified atom stereocenters. The van der Waals surface area contributed by atoms with E-state index in [-0.39, 0.29) is 10.8 Å². The second-order valence-corrected chi connectivity index (χ2v) is 10.8. The van der Waals surface area contributed by atoms with Gasteiger partial charge in [0.25, 0.3) is 0 Å². The van der Waals surface area contributed by atoms with Crippen molar-refractivity contribution in [3.63, 3.8) is 0 Å². The van der Waals surface area contributed by atoms with Gasteiger partial charge in [-0.2, -0.15) is 4.31 Å². The highest BCUT2D eigenvalue weighted by atomic mass is 32.2. The lowest BCUT2D eigenvalue weighted by Gasteiger charge is -2.27. The third kappa shape index (κ3) is 3.04. The highest BCUT2D eigenvalue weighted by molar-refractivity contribution is 7.89. The predicted molar refractivity (Wildman–Crippen MR) is 117 cm³/mol. The van der Waals surface area contributed by atoms with Gasteiger partial charge in [0.1, 0.15) is 13.2 Å². The maximum Gasteiger partial charge on any atom is 0.243 e. The summed E-state index contributed by atoms with van der Waals surface area (Å²) in [5, 5.41) is 0. The van der Waals surface area contributed by atoms with Crippen LogP contribution < -0.4 is 9.47 Å². The Labute approximate surface area is 187 Å². The van der Waals surface area contributed by atoms with Gasteiger partial charge in [-0.3, -0.25) is 4.79 Å². The molecule has 166 valence electrons. The number of nitrogens with zero attached hydrogens (tertiary/aromatic N) is 2. The third-order valence-electron chi connectivity index (χ3n) is 6.92. The maximum atomic E-state index is 13.3. The van der Waals surface area contributed by atoms with Crippen molar-refractivity contribution in [2.75, 3.05) is 39.4 Å². The summed E-state index contributed by atoms with van der Waals surface area (Å²) in [5.41, 5.74) is 2.78. The highest BCUT2D eigenvalue weighted by Crippen LogP contribution is 2.50. The minimum atomic E-state index is -3.66. The van der Waals surface area contributed by atoms with E-state index in [0.717, 1.165) is 29.6 Å². The zero-order valence-electron chi connectivity index (χ0n) is 17.6. The van der Waals surface area contributed by atoms with Gasteiger partial charge >= 0.3 is 0 Å². The number of rotatable bonds is 4. The summed E-state index contributed by atoms with van der Waals surface area (Å²) in [5.74, 6) is 1.20. The van der Waals surface area contributed by atoms with E-state index in [2.05, 4.69) is 0 Å². The fraction of sp³-hybridized carbons (Fsp3) is 0.375. The number of amides is 1. The zero-order valence-corrected chi connectivity index (χ0v) is 18.4. The third-order valence-corrected chi connectivity index (χ3v) is 8.71. The van der Waals surface area contributed by atoms with Gasteiger partial charge in [-0.1, -0.05) is 30.3 Å². The van der Waals surface area contributed by atoms with Gasteiger partial charge in [0.15, 0.2) is 11.5 Å². The van der Waals surface area contributed by atoms with Gasteiger partial charge in [-0.25, -0.2) is 8.42 Å². The van der Waals surface area contributed by atoms with Crippen LogP contribution in [0.15, 0.2) is 64.6 Å². The van der Waals surface area contributed by atoms with Crippen molar-refractivity contribution >= 4 is 15.9 Å². The maximum absolute atomic E-state index is 13.3. The molecule has 1 saturated carbocycles. The summed E-state index contributed by atoms with van der Waals surface area (Å²) in [6, 6.07) is 14.7. The number of hydrogen-bond donors (Lipinski definition) is 0. The molecule has 0 saturated heterocycles. The average Bonchev–Trinajstić information content (AvgIpc) is 3.38. The molecule has 0 radical (unpaired) electrons. The fourth-order valence-electron chi connectivity index (χ4n) is 5.00. The molecule has 2 aromatic carbocycles. The monoisotopic (exact) mass is 452 g/mol. The molecule has 8 heteroatoms. The van der Waals surface area contributed by atoms with Gasteiger partial charge in [0, 0.05) is 32.2 Å². The quantitative estimate of drug-likeness (QED) is 0.666. The van der Waals surface area contributed by atoms with E-state index < -0.39 is 15.4 Å². The Morgan fingerprint density at radius 2 is 1.50 bits per heavy atom. The molecule has 0 N–H and O–H groups in total. The summed E-state index contributed by atoms with van der Waals surface area (Å²) in [7, 11) is -3.66. The van der Waals surface area contributed by atoms with Gasteiger partial charge in [-0.15, -0.1) is 0 Å². The van der Waals surface area contributed by atoms with Crippen LogP contribution in [0, 0.1) is 0 Å². The number of fused-ring (bicyclic) bond motifs is 1. The first-order valence-electron chi connectivity index (χ1n) is 10.9. The number of carbonyl (C=O) groups is 1. The average molecular weight is 453 g/mol. The van der Waals surface area contributed by atoms with Crippen molar-refractivity contribution in [3.05, 3.63) is 65.2 Å². The Bertz CT molecular complexity index is 1220. The van der Waals surface area contributed by atoms with Crippen molar-refractivity contribution in [3.8, 4) is 11.5 Å². The molecular formula is C24H24N2O5S. The Balaban J connectivity index is 1.16. The lowest BCUT2D eigenvalue weighted by Crippen LogP contribution is -2.41. The molecule has 4 aliphatic rings. The first-order valence-corrected chi connectivity index (χ1v) is 12.4. The molecule has 3 aliphatic heterocycles. The number of ether oxygens (including phenoxy) is 2. The summed E-state index contributed by atoms with van der Waals surface area (Å²) in [6.45, 7) is 2.54. The van der Waals surface area contributed by atoms with Crippen molar-refractivity contribution in [2.24, 2.45) is 0 Å². The van der Waals surface area contributed by atoms with Crippen LogP contribution in [-0.2, 0) is 20.2 Å². The van der Waals surface area contributed by atoms with Crippen LogP contribution in [-0.4, -0.2) is 62.9 Å². The van der Waals surface area contributed by atoms with E-state index in [1.807, 2.05) is 35.2 Å². The Hall–Kier alpha value is -2.84. The number of benzene rings is 2. The van der Waals surface area contributed by atoms with E-state index in [1.54, 1.807) is 18.2 Å². The number of carbonyl (C=O) groups excluding carboxylic acids is 1. The van der Waals surface area contributed by atoms with Gasteiger partial charge in [0.05, 0.1) is 10.3 Å². The zero-order chi connectivity index (χ0) is 21.9. The molecule has 2 aromatic rings. The Kier molecular flexibility index (Phi) is 4.39. The van der Waals surface area contributed by atoms with Crippen LogP contribution >= 0.6 is 0 Å². The van der Waals surface area contributed by atoms with Crippen LogP contribution in [0.25, 0.3) is 0 Å². The molecular weight excluding hydrogens is 428 g/mol. The Morgan fingerprint density at radius 1 is 0.844 bits per heavy atom. The van der Waals surface area contributed by atoms with Crippen LogP contribution in [0.2, 0.25) is 0 Å². The first-order chi connectivity index (χ1) is 15.5. The molecule has 6 rings (SSSR count). The molecule has 0 spiro atoms. The van der Waals surface area contributed by atoms with Crippen LogP contribution in [0.3, 0.4) is 0 Å². The van der Waals surface area contributed by atoms with Gasteiger partial charge in [0.2, 0.25) is 15.9 Å². The van der Waals surface area contributed by atoms with Crippen molar-refractivity contribution in [1.29, 1.82) is 0 Å². The molecule has 1 amide bonds. The lowest BCUT2D eigenvalue weighted by molar-refractivity contribution is -0.132. The van der Waals surface area contributed by atoms with Crippen molar-refractivity contribution in [1.82, 2.24) is 9.21 Å². The number of sulfonamides is 1. The standard InChI is InChI=1S/C24H24N2O5S/c27-23(24(8-9-24)19-4-2-1-3-5-19)25-13-17-15-26(16-18(17)14-25)32(28,29)20-6-7-21-22(12-20)31-11-10-30-21/h1-7,12H,8-11,13-16H2. The normalized spacial score (nSPS) is 21.6. The van der Waals surface area contributed by atoms with Crippen molar-refractivity contribution in [2.45, 2.75) is 23.2 Å². The summed E-state index contributed by atoms with van der Waals surface area (Å²) in [6.07, 6.45) is 1.75. The molecule has 32 heavy (non-hydrogen) atoms. The van der Waals surface area contributed by atoms with Gasteiger partial charge < -0.3 is 14.4 Å². The van der Waals surface area contributed by atoms with Crippen molar-refractivity contribution < 1.29 is 22.7 Å². The minimum absolute atomic E-state index is 0.166. The second kappa shape index (κ2) is 7.08. The first kappa shape index (κ1) is 19.8. The largest absolute Gasteiger partial charge is 0.486 e. The molecule has 1 aliphatic carbocycles. The Morgan fingerprint density at radius 3 is 2.16 bits per heavy atom. The molecule has 3 heterocycles. The molecule has 0 bridgehead atoms. The van der Waals surface area contributed by atoms with Crippen LogP contribution in [0.5, 0.6) is 11.5 Å².